The van der Waals surface area contributed by atoms with E-state index in [2.05, 4.69) is 30.3 Å². The van der Waals surface area contributed by atoms with Crippen molar-refractivity contribution in [2.45, 2.75) is 31.2 Å². The van der Waals surface area contributed by atoms with E-state index in [9.17, 15) is 0 Å². The third kappa shape index (κ3) is 2.14. The molecule has 1 aromatic carbocycles. The maximum Gasteiger partial charge on any atom is 0.396 e. The zero-order valence-electron chi connectivity index (χ0n) is 12.8. The van der Waals surface area contributed by atoms with Crippen LogP contribution in [0.1, 0.15) is 42.4 Å². The van der Waals surface area contributed by atoms with Gasteiger partial charge in [-0.15, -0.1) is 0 Å². The van der Waals surface area contributed by atoms with Gasteiger partial charge in [0.1, 0.15) is 0 Å². The van der Waals surface area contributed by atoms with E-state index in [0.717, 1.165) is 17.8 Å². The van der Waals surface area contributed by atoms with Crippen molar-refractivity contribution >= 4 is 15.4 Å². The normalized spacial score (nSPS) is 33.6. The van der Waals surface area contributed by atoms with E-state index in [4.69, 9.17) is 8.85 Å². The molecule has 4 unspecified atom stereocenters. The molecule has 3 aliphatic rings. The summed E-state index contributed by atoms with van der Waals surface area (Å²) < 4.78 is 11.5. The molecule has 1 aromatic rings. The predicted molar refractivity (Wildman–Crippen MR) is 85.9 cm³/mol. The second-order valence-electron chi connectivity index (χ2n) is 6.71. The molecular formula is C18H23O2Si. The molecule has 2 nitrogen and oxygen atoms in total. The fourth-order valence-corrected chi connectivity index (χ4v) is 6.63. The van der Waals surface area contributed by atoms with Gasteiger partial charge in [0, 0.05) is 14.2 Å². The Bertz CT molecular complexity index is 564. The number of allylic oxidation sites excluding steroid dienone is 1. The second-order valence-corrected chi connectivity index (χ2v) is 8.75. The highest BCUT2D eigenvalue weighted by Crippen LogP contribution is 2.55. The third-order valence-corrected chi connectivity index (χ3v) is 7.69. The van der Waals surface area contributed by atoms with E-state index in [1.807, 2.05) is 0 Å². The molecule has 2 saturated carbocycles. The van der Waals surface area contributed by atoms with Crippen LogP contribution in [0, 0.1) is 17.8 Å². The molecule has 0 spiro atoms. The number of benzene rings is 1. The summed E-state index contributed by atoms with van der Waals surface area (Å²) in [6.45, 7) is 0. The van der Waals surface area contributed by atoms with Gasteiger partial charge in [-0.2, -0.15) is 0 Å². The molecule has 0 heterocycles. The van der Waals surface area contributed by atoms with Gasteiger partial charge in [0.15, 0.2) is 0 Å². The van der Waals surface area contributed by atoms with Gasteiger partial charge < -0.3 is 8.85 Å². The van der Waals surface area contributed by atoms with Gasteiger partial charge in [0.2, 0.25) is 0 Å². The van der Waals surface area contributed by atoms with Crippen molar-refractivity contribution in [1.29, 1.82) is 0 Å². The topological polar surface area (TPSA) is 18.5 Å². The van der Waals surface area contributed by atoms with Crippen LogP contribution in [0.5, 0.6) is 0 Å². The maximum atomic E-state index is 5.75. The van der Waals surface area contributed by atoms with Crippen LogP contribution >= 0.6 is 0 Å². The third-order valence-electron chi connectivity index (χ3n) is 5.77. The fraction of sp³-hybridized carbons (Fsp3) is 0.556. The first-order valence-electron chi connectivity index (χ1n) is 8.07. The average Bonchev–Trinajstić information content (AvgIpc) is 3.22. The van der Waals surface area contributed by atoms with Gasteiger partial charge in [-0.25, -0.2) is 0 Å². The largest absolute Gasteiger partial charge is 0.396 e. The Balaban J connectivity index is 1.72. The van der Waals surface area contributed by atoms with E-state index in [1.165, 1.54) is 36.8 Å². The lowest BCUT2D eigenvalue weighted by Crippen LogP contribution is -2.32. The van der Waals surface area contributed by atoms with Gasteiger partial charge in [-0.05, 0) is 48.1 Å². The minimum Gasteiger partial charge on any atom is -0.396 e. The van der Waals surface area contributed by atoms with E-state index in [-0.39, 0.29) is 0 Å². The van der Waals surface area contributed by atoms with Crippen LogP contribution in [0.2, 0.25) is 0 Å². The van der Waals surface area contributed by atoms with Crippen molar-refractivity contribution in [1.82, 2.24) is 0 Å². The SMILES string of the molecule is CO[Si](OC)C1C(C2CC3CCC2C3)=Cc2ccccc21. The monoisotopic (exact) mass is 299 g/mol. The molecule has 0 N–H and O–H groups in total. The van der Waals surface area contributed by atoms with Crippen LogP contribution < -0.4 is 0 Å². The molecule has 1 radical (unpaired) electrons. The minimum atomic E-state index is -1.28. The zero-order valence-corrected chi connectivity index (χ0v) is 13.8. The molecule has 0 aliphatic heterocycles. The Kier molecular flexibility index (Phi) is 3.52. The maximum absolute atomic E-state index is 5.75. The lowest BCUT2D eigenvalue weighted by atomic mass is 9.82. The summed E-state index contributed by atoms with van der Waals surface area (Å²) in [5, 5.41) is 0. The van der Waals surface area contributed by atoms with E-state index in [0.29, 0.717) is 5.54 Å². The van der Waals surface area contributed by atoms with Crippen molar-refractivity contribution in [3.63, 3.8) is 0 Å². The summed E-state index contributed by atoms with van der Waals surface area (Å²) >= 11 is 0. The Hall–Kier alpha value is -0.903. The number of rotatable bonds is 4. The van der Waals surface area contributed by atoms with Crippen LogP contribution in [0.3, 0.4) is 0 Å². The van der Waals surface area contributed by atoms with E-state index in [1.54, 1.807) is 19.8 Å². The molecule has 0 amide bonds. The van der Waals surface area contributed by atoms with Gasteiger partial charge >= 0.3 is 9.28 Å². The molecular weight excluding hydrogens is 276 g/mol. The number of hydrogen-bond acceptors (Lipinski definition) is 2. The first-order chi connectivity index (χ1) is 10.3. The quantitative estimate of drug-likeness (QED) is 0.784. The van der Waals surface area contributed by atoms with Crippen LogP contribution in [-0.2, 0) is 8.85 Å². The van der Waals surface area contributed by atoms with E-state index < -0.39 is 9.28 Å². The Morgan fingerprint density at radius 3 is 2.52 bits per heavy atom. The summed E-state index contributed by atoms with van der Waals surface area (Å²) in [4.78, 5) is 0. The Morgan fingerprint density at radius 2 is 1.86 bits per heavy atom. The summed E-state index contributed by atoms with van der Waals surface area (Å²) in [7, 11) is 2.32. The first kappa shape index (κ1) is 13.7. The summed E-state index contributed by atoms with van der Waals surface area (Å²) in [5.41, 5.74) is 4.80. The van der Waals surface area contributed by atoms with Crippen molar-refractivity contribution in [3.05, 3.63) is 41.0 Å². The van der Waals surface area contributed by atoms with Crippen molar-refractivity contribution in [3.8, 4) is 0 Å². The molecule has 2 fully saturated rings. The summed E-state index contributed by atoms with van der Waals surface area (Å²) in [6, 6.07) is 8.79. The Labute approximate surface area is 129 Å². The van der Waals surface area contributed by atoms with Crippen LogP contribution in [0.4, 0.5) is 0 Å². The summed E-state index contributed by atoms with van der Waals surface area (Å²) in [6.07, 6.45) is 8.18. The molecule has 21 heavy (non-hydrogen) atoms. The van der Waals surface area contributed by atoms with Crippen molar-refractivity contribution in [2.24, 2.45) is 17.8 Å². The summed E-state index contributed by atoms with van der Waals surface area (Å²) in [5.74, 6) is 2.66. The lowest BCUT2D eigenvalue weighted by Gasteiger charge is -2.29. The number of fused-ring (bicyclic) bond motifs is 3. The first-order valence-corrected chi connectivity index (χ1v) is 9.46. The molecule has 3 heteroatoms. The van der Waals surface area contributed by atoms with Crippen LogP contribution in [0.25, 0.3) is 6.08 Å². The van der Waals surface area contributed by atoms with Gasteiger partial charge in [-0.1, -0.05) is 42.3 Å². The minimum absolute atomic E-state index is 0.380. The smallest absolute Gasteiger partial charge is 0.396 e. The highest BCUT2D eigenvalue weighted by Gasteiger charge is 2.47. The van der Waals surface area contributed by atoms with Crippen molar-refractivity contribution in [2.75, 3.05) is 14.2 Å². The molecule has 0 aromatic heterocycles. The fourth-order valence-electron chi connectivity index (χ4n) is 4.90. The molecule has 111 valence electrons. The van der Waals surface area contributed by atoms with Gasteiger partial charge in [0.05, 0.1) is 5.54 Å². The average molecular weight is 299 g/mol. The van der Waals surface area contributed by atoms with Gasteiger partial charge in [0.25, 0.3) is 0 Å². The molecule has 0 saturated heterocycles. The standard InChI is InChI=1S/C18H23O2Si/c1-19-21(20-2)18-15-6-4-3-5-13(15)11-17(18)16-10-12-7-8-14(16)9-12/h3-6,11-12,14,16,18H,7-10H2,1-2H3. The zero-order chi connectivity index (χ0) is 14.4. The van der Waals surface area contributed by atoms with Gasteiger partial charge in [-0.3, -0.25) is 0 Å². The second kappa shape index (κ2) is 5.38. The Morgan fingerprint density at radius 1 is 1.05 bits per heavy atom. The predicted octanol–water partition coefficient (Wildman–Crippen LogP) is 3.92. The van der Waals surface area contributed by atoms with Crippen LogP contribution in [0.15, 0.2) is 29.8 Å². The van der Waals surface area contributed by atoms with Crippen molar-refractivity contribution < 1.29 is 8.85 Å². The lowest BCUT2D eigenvalue weighted by molar-refractivity contribution is 0.266. The number of hydrogen-bond donors (Lipinski definition) is 0. The molecule has 2 bridgehead atoms. The molecule has 3 aliphatic carbocycles. The highest BCUT2D eigenvalue weighted by atomic mass is 28.3. The highest BCUT2D eigenvalue weighted by molar-refractivity contribution is 6.48. The molecule has 4 atom stereocenters. The molecule has 4 rings (SSSR count). The van der Waals surface area contributed by atoms with Crippen LogP contribution in [-0.4, -0.2) is 23.5 Å². The van der Waals surface area contributed by atoms with E-state index >= 15 is 0 Å².